The van der Waals surface area contributed by atoms with Crippen LogP contribution in [0.5, 0.6) is 0 Å². The van der Waals surface area contributed by atoms with Crippen LogP contribution in [0.15, 0.2) is 97.1 Å². The van der Waals surface area contributed by atoms with E-state index in [1.165, 1.54) is 24.3 Å². The SMILES string of the molecule is O=C([O-])c1ccccc1.O=C([O-])c1ccccc1.[C-]1=CC=CC1.[C-]1=CC=CC1.[Zr+4]. The van der Waals surface area contributed by atoms with Gasteiger partial charge in [-0.3, -0.25) is 12.2 Å². The number of hydrogen-bond acceptors (Lipinski definition) is 4. The van der Waals surface area contributed by atoms with Gasteiger partial charge in [0.2, 0.25) is 0 Å². The third-order valence-corrected chi connectivity index (χ3v) is 3.19. The van der Waals surface area contributed by atoms with Crippen LogP contribution in [-0.2, 0) is 26.2 Å². The molecule has 0 aromatic heterocycles. The van der Waals surface area contributed by atoms with E-state index >= 15 is 0 Å². The van der Waals surface area contributed by atoms with Gasteiger partial charge in [-0.1, -0.05) is 60.7 Å². The molecule has 0 saturated heterocycles. The van der Waals surface area contributed by atoms with Crippen molar-refractivity contribution < 1.29 is 46.0 Å². The van der Waals surface area contributed by atoms with E-state index in [4.69, 9.17) is 0 Å². The number of carboxylic acid groups (broad SMARTS) is 2. The molecule has 2 aliphatic rings. The van der Waals surface area contributed by atoms with E-state index in [9.17, 15) is 19.8 Å². The number of benzene rings is 2. The number of carboxylic acids is 2. The van der Waals surface area contributed by atoms with Crippen molar-refractivity contribution in [2.45, 2.75) is 12.8 Å². The molecule has 0 spiro atoms. The Kier molecular flexibility index (Phi) is 15.7. The van der Waals surface area contributed by atoms with Gasteiger partial charge in [0.25, 0.3) is 0 Å². The number of carbonyl (C=O) groups is 2. The van der Waals surface area contributed by atoms with Crippen LogP contribution >= 0.6 is 0 Å². The Bertz CT molecular complexity index is 731. The van der Waals surface area contributed by atoms with Crippen LogP contribution in [0.3, 0.4) is 0 Å². The molecule has 0 fully saturated rings. The summed E-state index contributed by atoms with van der Waals surface area (Å²) in [5, 5.41) is 20.2. The molecule has 0 aliphatic heterocycles. The molecule has 0 radical (unpaired) electrons. The molecule has 0 bridgehead atoms. The van der Waals surface area contributed by atoms with Crippen molar-refractivity contribution in [3.8, 4) is 0 Å². The molecule has 2 aromatic carbocycles. The van der Waals surface area contributed by atoms with Crippen molar-refractivity contribution in [2.24, 2.45) is 0 Å². The standard InChI is InChI=1S/2C7H6O2.2C5H5.Zr/c2*8-7(9)6-4-2-1-3-5-6;2*1-2-4-5-3-1;/h2*1-5H,(H,8,9);2*1-3H,4H2;/q;;2*-1;+4/p-2. The fourth-order valence-electron chi connectivity index (χ4n) is 1.83. The maximum absolute atomic E-state index is 10.1. The van der Waals surface area contributed by atoms with Gasteiger partial charge in [0, 0.05) is 0 Å². The predicted octanol–water partition coefficient (Wildman–Crippen LogP) is 2.71. The Hall–Kier alpha value is -2.78. The Morgan fingerprint density at radius 3 is 1.14 bits per heavy atom. The van der Waals surface area contributed by atoms with Gasteiger partial charge in [-0.25, -0.2) is 24.3 Å². The molecule has 0 unspecified atom stereocenters. The second-order valence-electron chi connectivity index (χ2n) is 5.31. The third kappa shape index (κ3) is 14.0. The molecule has 0 N–H and O–H groups in total. The summed E-state index contributed by atoms with van der Waals surface area (Å²) in [7, 11) is 0. The number of rotatable bonds is 2. The summed E-state index contributed by atoms with van der Waals surface area (Å²) >= 11 is 0. The fourth-order valence-corrected chi connectivity index (χ4v) is 1.83. The van der Waals surface area contributed by atoms with Gasteiger partial charge in [0.15, 0.2) is 0 Å². The third-order valence-electron chi connectivity index (χ3n) is 3.19. The number of allylic oxidation sites excluding steroid dienone is 8. The molecular formula is C24H20O4Zr. The van der Waals surface area contributed by atoms with E-state index in [0.717, 1.165) is 12.8 Å². The normalized spacial score (nSPS) is 11.6. The Labute approximate surface area is 190 Å². The molecule has 0 atom stereocenters. The van der Waals surface area contributed by atoms with Crippen molar-refractivity contribution in [1.82, 2.24) is 0 Å². The van der Waals surface area contributed by atoms with Crippen molar-refractivity contribution >= 4 is 11.9 Å². The van der Waals surface area contributed by atoms with Gasteiger partial charge in [-0.15, -0.1) is 12.8 Å². The zero-order valence-electron chi connectivity index (χ0n) is 15.8. The fraction of sp³-hybridized carbons (Fsp3) is 0.0833. The van der Waals surface area contributed by atoms with Crippen molar-refractivity contribution in [1.29, 1.82) is 0 Å². The van der Waals surface area contributed by atoms with Gasteiger partial charge in [-0.2, -0.15) is 12.2 Å². The Morgan fingerprint density at radius 2 is 1.00 bits per heavy atom. The average Bonchev–Trinajstić information content (AvgIpc) is 3.48. The van der Waals surface area contributed by atoms with Gasteiger partial charge in [0.05, 0.1) is 11.9 Å². The summed E-state index contributed by atoms with van der Waals surface area (Å²) in [4.78, 5) is 20.2. The van der Waals surface area contributed by atoms with E-state index < -0.39 is 11.9 Å². The molecule has 0 amide bonds. The minimum absolute atomic E-state index is 0. The maximum atomic E-state index is 10.1. The summed E-state index contributed by atoms with van der Waals surface area (Å²) < 4.78 is 0. The topological polar surface area (TPSA) is 80.3 Å². The first-order valence-electron chi connectivity index (χ1n) is 8.57. The molecular weight excluding hydrogens is 443 g/mol. The quantitative estimate of drug-likeness (QED) is 0.642. The van der Waals surface area contributed by atoms with Crippen LogP contribution in [0.4, 0.5) is 0 Å². The van der Waals surface area contributed by atoms with E-state index in [1.807, 2.05) is 24.3 Å². The van der Waals surface area contributed by atoms with Gasteiger partial charge < -0.3 is 19.8 Å². The molecule has 4 rings (SSSR count). The summed E-state index contributed by atoms with van der Waals surface area (Å²) in [5.41, 5.74) is 0.440. The van der Waals surface area contributed by atoms with Gasteiger partial charge >= 0.3 is 26.2 Å². The van der Waals surface area contributed by atoms with Crippen molar-refractivity contribution in [3.63, 3.8) is 0 Å². The largest absolute Gasteiger partial charge is 4.00 e. The smallest absolute Gasteiger partial charge is 0.545 e. The first-order chi connectivity index (χ1) is 13.6. The first-order valence-corrected chi connectivity index (χ1v) is 8.57. The van der Waals surface area contributed by atoms with Gasteiger partial charge in [-0.05, 0) is 11.1 Å². The average molecular weight is 464 g/mol. The van der Waals surface area contributed by atoms with E-state index in [2.05, 4.69) is 24.3 Å². The molecule has 2 aliphatic carbocycles. The Balaban J connectivity index is 0.000000369. The van der Waals surface area contributed by atoms with Crippen LogP contribution < -0.4 is 10.2 Å². The molecule has 144 valence electrons. The summed E-state index contributed by atoms with van der Waals surface area (Å²) in [6.07, 6.45) is 20.0. The molecule has 4 nitrogen and oxygen atoms in total. The van der Waals surface area contributed by atoms with E-state index in [1.54, 1.807) is 36.4 Å². The van der Waals surface area contributed by atoms with Crippen LogP contribution in [0, 0.1) is 12.2 Å². The molecule has 0 heterocycles. The van der Waals surface area contributed by atoms with Crippen LogP contribution in [-0.4, -0.2) is 11.9 Å². The summed E-state index contributed by atoms with van der Waals surface area (Å²) in [5.74, 6) is -2.26. The van der Waals surface area contributed by atoms with Crippen LogP contribution in [0.25, 0.3) is 0 Å². The zero-order valence-corrected chi connectivity index (χ0v) is 18.2. The molecule has 2 aromatic rings. The molecule has 5 heteroatoms. The number of aromatic carboxylic acids is 2. The number of carbonyl (C=O) groups excluding carboxylic acids is 2. The van der Waals surface area contributed by atoms with Crippen LogP contribution in [0.1, 0.15) is 33.6 Å². The van der Waals surface area contributed by atoms with E-state index in [-0.39, 0.29) is 37.3 Å². The summed E-state index contributed by atoms with van der Waals surface area (Å²) in [6.45, 7) is 0. The van der Waals surface area contributed by atoms with Gasteiger partial charge in [0.1, 0.15) is 0 Å². The number of hydrogen-bond donors (Lipinski definition) is 0. The van der Waals surface area contributed by atoms with Crippen LogP contribution in [0.2, 0.25) is 0 Å². The van der Waals surface area contributed by atoms with E-state index in [0.29, 0.717) is 0 Å². The second-order valence-corrected chi connectivity index (χ2v) is 5.31. The monoisotopic (exact) mass is 462 g/mol. The minimum Gasteiger partial charge on any atom is -0.545 e. The molecule has 29 heavy (non-hydrogen) atoms. The zero-order chi connectivity index (χ0) is 20.5. The second kappa shape index (κ2) is 17.3. The van der Waals surface area contributed by atoms with Crippen molar-refractivity contribution in [3.05, 3.63) is 120 Å². The minimum atomic E-state index is -1.13. The first kappa shape index (κ1) is 26.2. The van der Waals surface area contributed by atoms with Crippen molar-refractivity contribution in [2.75, 3.05) is 0 Å². The Morgan fingerprint density at radius 1 is 0.655 bits per heavy atom. The molecule has 0 saturated carbocycles. The maximum Gasteiger partial charge on any atom is 4.00 e. The predicted molar refractivity (Wildman–Crippen MR) is 105 cm³/mol. The summed E-state index contributed by atoms with van der Waals surface area (Å²) in [6, 6.07) is 16.1.